The van der Waals surface area contributed by atoms with Gasteiger partial charge in [0, 0.05) is 4.47 Å². The van der Waals surface area contributed by atoms with Crippen LogP contribution < -0.4 is 5.73 Å². The summed E-state index contributed by atoms with van der Waals surface area (Å²) < 4.78 is 1.10. The highest BCUT2D eigenvalue weighted by atomic mass is 79.9. The average molecular weight is 340 g/mol. The maximum atomic E-state index is 6.63. The van der Waals surface area contributed by atoms with Crippen molar-refractivity contribution in [2.45, 2.75) is 19.9 Å². The summed E-state index contributed by atoms with van der Waals surface area (Å²) in [5, 5.41) is 2.48. The summed E-state index contributed by atoms with van der Waals surface area (Å²) in [6.07, 6.45) is 0. The zero-order valence-corrected chi connectivity index (χ0v) is 13.8. The van der Waals surface area contributed by atoms with Crippen molar-refractivity contribution in [3.05, 3.63) is 81.3 Å². The summed E-state index contributed by atoms with van der Waals surface area (Å²) in [5.74, 6) is 0. The van der Waals surface area contributed by atoms with Crippen molar-refractivity contribution in [2.75, 3.05) is 0 Å². The molecular weight excluding hydrogens is 322 g/mol. The van der Waals surface area contributed by atoms with Crippen LogP contribution in [0.4, 0.5) is 0 Å². The molecule has 1 unspecified atom stereocenters. The normalized spacial score (nSPS) is 12.6. The van der Waals surface area contributed by atoms with Crippen LogP contribution in [0.1, 0.15) is 28.3 Å². The molecule has 0 fully saturated rings. The van der Waals surface area contributed by atoms with Gasteiger partial charge in [0.05, 0.1) is 6.04 Å². The molecule has 106 valence electrons. The Balaban J connectivity index is 2.24. The molecule has 1 nitrogen and oxygen atoms in total. The fraction of sp³-hybridized carbons (Fsp3) is 0.158. The van der Waals surface area contributed by atoms with E-state index in [1.165, 1.54) is 33.0 Å². The van der Waals surface area contributed by atoms with E-state index in [4.69, 9.17) is 5.73 Å². The van der Waals surface area contributed by atoms with Crippen LogP contribution in [0.25, 0.3) is 10.8 Å². The number of fused-ring (bicyclic) bond motifs is 1. The Bertz CT molecular complexity index is 808. The third kappa shape index (κ3) is 2.50. The molecule has 3 aromatic carbocycles. The second-order valence-electron chi connectivity index (χ2n) is 5.45. The molecule has 2 heteroatoms. The van der Waals surface area contributed by atoms with E-state index in [1.807, 2.05) is 6.07 Å². The first-order chi connectivity index (χ1) is 10.1. The first kappa shape index (κ1) is 14.3. The maximum Gasteiger partial charge on any atom is 0.0563 e. The van der Waals surface area contributed by atoms with Gasteiger partial charge in [-0.1, -0.05) is 64.5 Å². The summed E-state index contributed by atoms with van der Waals surface area (Å²) in [7, 11) is 0. The second kappa shape index (κ2) is 5.63. The molecule has 3 rings (SSSR count). The Kier molecular flexibility index (Phi) is 3.83. The minimum absolute atomic E-state index is 0.117. The molecule has 3 aromatic rings. The second-order valence-corrected chi connectivity index (χ2v) is 6.30. The van der Waals surface area contributed by atoms with Crippen LogP contribution in [-0.2, 0) is 0 Å². The smallest absolute Gasteiger partial charge is 0.0563 e. The van der Waals surface area contributed by atoms with Crippen molar-refractivity contribution in [3.63, 3.8) is 0 Å². The van der Waals surface area contributed by atoms with E-state index in [0.29, 0.717) is 0 Å². The molecule has 0 spiro atoms. The Labute approximate surface area is 133 Å². The molecule has 0 bridgehead atoms. The highest BCUT2D eigenvalue weighted by Crippen LogP contribution is 2.33. The molecule has 1 atom stereocenters. The standard InChI is InChI=1S/C19H18BrN/c1-12-10-11-14-6-3-4-7-16(14)18(12)19(21)15-8-5-9-17(20)13(15)2/h3-11,19H,21H2,1-2H3. The fourth-order valence-electron chi connectivity index (χ4n) is 2.93. The lowest BCUT2D eigenvalue weighted by Crippen LogP contribution is -2.15. The number of aryl methyl sites for hydroxylation is 1. The van der Waals surface area contributed by atoms with E-state index >= 15 is 0 Å². The lowest BCUT2D eigenvalue weighted by atomic mass is 9.89. The summed E-state index contributed by atoms with van der Waals surface area (Å²) in [4.78, 5) is 0. The zero-order valence-electron chi connectivity index (χ0n) is 12.2. The van der Waals surface area contributed by atoms with Gasteiger partial charge in [-0.15, -0.1) is 0 Å². The van der Waals surface area contributed by atoms with Crippen LogP contribution in [0.3, 0.4) is 0 Å². The molecular formula is C19H18BrN. The quantitative estimate of drug-likeness (QED) is 0.676. The molecule has 21 heavy (non-hydrogen) atoms. The van der Waals surface area contributed by atoms with Gasteiger partial charge in [-0.3, -0.25) is 0 Å². The lowest BCUT2D eigenvalue weighted by molar-refractivity contribution is 0.860. The number of halogens is 1. The molecule has 0 saturated heterocycles. The van der Waals surface area contributed by atoms with Gasteiger partial charge >= 0.3 is 0 Å². The highest BCUT2D eigenvalue weighted by molar-refractivity contribution is 9.10. The average Bonchev–Trinajstić information content (AvgIpc) is 2.49. The van der Waals surface area contributed by atoms with Gasteiger partial charge in [0.1, 0.15) is 0 Å². The number of rotatable bonds is 2. The van der Waals surface area contributed by atoms with Gasteiger partial charge < -0.3 is 5.73 Å². The first-order valence-electron chi connectivity index (χ1n) is 7.08. The lowest BCUT2D eigenvalue weighted by Gasteiger charge is -2.20. The third-order valence-corrected chi connectivity index (χ3v) is 5.00. The molecule has 0 saturated carbocycles. The number of nitrogens with two attached hydrogens (primary N) is 1. The monoisotopic (exact) mass is 339 g/mol. The fourth-order valence-corrected chi connectivity index (χ4v) is 3.32. The van der Waals surface area contributed by atoms with Crippen molar-refractivity contribution < 1.29 is 0 Å². The Hall–Kier alpha value is -1.64. The van der Waals surface area contributed by atoms with E-state index in [0.717, 1.165) is 4.47 Å². The van der Waals surface area contributed by atoms with Crippen LogP contribution in [0.5, 0.6) is 0 Å². The molecule has 0 aliphatic rings. The van der Waals surface area contributed by atoms with Crippen molar-refractivity contribution in [1.82, 2.24) is 0 Å². The summed E-state index contributed by atoms with van der Waals surface area (Å²) in [5.41, 5.74) is 11.5. The van der Waals surface area contributed by atoms with Gasteiger partial charge in [-0.2, -0.15) is 0 Å². The van der Waals surface area contributed by atoms with Crippen LogP contribution >= 0.6 is 15.9 Å². The Morgan fingerprint density at radius 3 is 2.48 bits per heavy atom. The first-order valence-corrected chi connectivity index (χ1v) is 7.87. The largest absolute Gasteiger partial charge is 0.320 e. The Morgan fingerprint density at radius 2 is 1.67 bits per heavy atom. The minimum atomic E-state index is -0.117. The molecule has 0 heterocycles. The van der Waals surface area contributed by atoms with Crippen molar-refractivity contribution in [2.24, 2.45) is 5.73 Å². The molecule has 0 aliphatic carbocycles. The third-order valence-electron chi connectivity index (χ3n) is 4.14. The maximum absolute atomic E-state index is 6.63. The summed E-state index contributed by atoms with van der Waals surface area (Å²) >= 11 is 3.60. The summed E-state index contributed by atoms with van der Waals surface area (Å²) in [6.45, 7) is 4.24. The van der Waals surface area contributed by atoms with Crippen molar-refractivity contribution in [3.8, 4) is 0 Å². The predicted molar refractivity (Wildman–Crippen MR) is 93.6 cm³/mol. The predicted octanol–water partition coefficient (Wildman–Crippen LogP) is 5.27. The van der Waals surface area contributed by atoms with Crippen LogP contribution in [0, 0.1) is 13.8 Å². The SMILES string of the molecule is Cc1ccc2ccccc2c1C(N)c1cccc(Br)c1C. The topological polar surface area (TPSA) is 26.0 Å². The van der Waals surface area contributed by atoms with E-state index < -0.39 is 0 Å². The number of hydrogen-bond donors (Lipinski definition) is 1. The van der Waals surface area contributed by atoms with Crippen LogP contribution in [0.15, 0.2) is 59.1 Å². The molecule has 0 radical (unpaired) electrons. The van der Waals surface area contributed by atoms with Gasteiger partial charge in [0.2, 0.25) is 0 Å². The molecule has 0 aliphatic heterocycles. The van der Waals surface area contributed by atoms with E-state index in [9.17, 15) is 0 Å². The molecule has 2 N–H and O–H groups in total. The number of benzene rings is 3. The van der Waals surface area contributed by atoms with Gasteiger partial charge in [-0.25, -0.2) is 0 Å². The van der Waals surface area contributed by atoms with E-state index in [-0.39, 0.29) is 6.04 Å². The number of hydrogen-bond acceptors (Lipinski definition) is 1. The summed E-state index contributed by atoms with van der Waals surface area (Å²) in [6, 6.07) is 18.9. The van der Waals surface area contributed by atoms with Crippen molar-refractivity contribution in [1.29, 1.82) is 0 Å². The van der Waals surface area contributed by atoms with Gasteiger partial charge in [0.25, 0.3) is 0 Å². The van der Waals surface area contributed by atoms with Gasteiger partial charge in [-0.05, 0) is 52.9 Å². The van der Waals surface area contributed by atoms with Crippen molar-refractivity contribution >= 4 is 26.7 Å². The van der Waals surface area contributed by atoms with E-state index in [1.54, 1.807) is 0 Å². The molecule has 0 aromatic heterocycles. The molecule has 0 amide bonds. The van der Waals surface area contributed by atoms with Gasteiger partial charge in [0.15, 0.2) is 0 Å². The zero-order chi connectivity index (χ0) is 15.0. The van der Waals surface area contributed by atoms with Crippen LogP contribution in [-0.4, -0.2) is 0 Å². The Morgan fingerprint density at radius 1 is 0.905 bits per heavy atom. The van der Waals surface area contributed by atoms with Crippen LogP contribution in [0.2, 0.25) is 0 Å². The highest BCUT2D eigenvalue weighted by Gasteiger charge is 2.17. The van der Waals surface area contributed by atoms with E-state index in [2.05, 4.69) is 78.3 Å². The minimum Gasteiger partial charge on any atom is -0.320 e.